The summed E-state index contributed by atoms with van der Waals surface area (Å²) in [6.45, 7) is 0. The molecule has 2 aliphatic heterocycles. The van der Waals surface area contributed by atoms with E-state index in [4.69, 9.17) is 9.84 Å². The van der Waals surface area contributed by atoms with Gasteiger partial charge >= 0.3 is 0 Å². The molecule has 5 rings (SSSR count). The first kappa shape index (κ1) is 23.7. The van der Waals surface area contributed by atoms with E-state index in [0.29, 0.717) is 23.0 Å². The second-order valence-electron chi connectivity index (χ2n) is 8.35. The molecule has 0 aliphatic carbocycles. The van der Waals surface area contributed by atoms with Gasteiger partial charge in [-0.25, -0.2) is 9.40 Å². The standard InChI is InChI=1S/C27H23FN4O3S/c1-35-21-9-5-8-20(14-21)29-25(33)16-24-26(34)30-27(36-24)32-23(18-10-12-19(28)13-11-18)15-22(31-32)17-6-3-2-4-7-17/h2-14,23-24H,15-16H2,1H3,(H,29,33)/t23-,24-/m0/s1. The Hall–Kier alpha value is -3.98. The van der Waals surface area contributed by atoms with Crippen molar-refractivity contribution in [3.63, 3.8) is 0 Å². The van der Waals surface area contributed by atoms with Crippen molar-refractivity contribution >= 4 is 40.1 Å². The molecule has 2 amide bonds. The molecule has 182 valence electrons. The van der Waals surface area contributed by atoms with E-state index < -0.39 is 5.25 Å². The largest absolute Gasteiger partial charge is 0.497 e. The van der Waals surface area contributed by atoms with Gasteiger partial charge in [0.25, 0.3) is 5.91 Å². The number of carbonyl (C=O) groups is 2. The topological polar surface area (TPSA) is 83.4 Å². The third kappa shape index (κ3) is 5.16. The maximum absolute atomic E-state index is 13.6. The molecule has 0 aromatic heterocycles. The average Bonchev–Trinajstić information content (AvgIpc) is 3.49. The lowest BCUT2D eigenvalue weighted by Gasteiger charge is -2.23. The number of anilines is 1. The Morgan fingerprint density at radius 3 is 2.64 bits per heavy atom. The monoisotopic (exact) mass is 502 g/mol. The average molecular weight is 503 g/mol. The first-order valence-corrected chi connectivity index (χ1v) is 12.3. The third-order valence-corrected chi connectivity index (χ3v) is 7.06. The molecule has 3 aromatic rings. The highest BCUT2D eigenvalue weighted by Gasteiger charge is 2.39. The zero-order valence-electron chi connectivity index (χ0n) is 19.4. The Labute approximate surface area is 212 Å². The van der Waals surface area contributed by atoms with Gasteiger partial charge in [0.1, 0.15) is 16.8 Å². The van der Waals surface area contributed by atoms with E-state index >= 15 is 0 Å². The highest BCUT2D eigenvalue weighted by Crippen LogP contribution is 2.38. The number of halogens is 1. The van der Waals surface area contributed by atoms with Crippen LogP contribution in [0.15, 0.2) is 89.0 Å². The van der Waals surface area contributed by atoms with Gasteiger partial charge in [-0.3, -0.25) is 9.59 Å². The number of hydrogen-bond donors (Lipinski definition) is 1. The molecule has 36 heavy (non-hydrogen) atoms. The van der Waals surface area contributed by atoms with Crippen molar-refractivity contribution in [2.45, 2.75) is 24.1 Å². The number of benzene rings is 3. The van der Waals surface area contributed by atoms with Crippen molar-refractivity contribution in [1.29, 1.82) is 0 Å². The molecule has 7 nitrogen and oxygen atoms in total. The van der Waals surface area contributed by atoms with Gasteiger partial charge in [-0.2, -0.15) is 10.1 Å². The number of amidine groups is 1. The summed E-state index contributed by atoms with van der Waals surface area (Å²) in [6.07, 6.45) is 0.544. The molecule has 0 saturated heterocycles. The van der Waals surface area contributed by atoms with Crippen molar-refractivity contribution in [3.8, 4) is 5.75 Å². The molecule has 0 fully saturated rings. The van der Waals surface area contributed by atoms with Gasteiger partial charge in [-0.05, 0) is 35.4 Å². The van der Waals surface area contributed by atoms with Crippen LogP contribution in [-0.4, -0.2) is 40.1 Å². The smallest absolute Gasteiger partial charge is 0.262 e. The number of ether oxygens (including phenoxy) is 1. The van der Waals surface area contributed by atoms with Crippen LogP contribution in [0.5, 0.6) is 5.75 Å². The van der Waals surface area contributed by atoms with Crippen LogP contribution in [-0.2, 0) is 9.59 Å². The van der Waals surface area contributed by atoms with Gasteiger partial charge in [0.05, 0.1) is 18.9 Å². The number of thioether (sulfide) groups is 1. The number of hydrazone groups is 1. The lowest BCUT2D eigenvalue weighted by Crippen LogP contribution is -2.25. The Morgan fingerprint density at radius 1 is 1.11 bits per heavy atom. The lowest BCUT2D eigenvalue weighted by atomic mass is 9.99. The van der Waals surface area contributed by atoms with E-state index in [1.165, 1.54) is 23.9 Å². The summed E-state index contributed by atoms with van der Waals surface area (Å²) in [4.78, 5) is 29.6. The summed E-state index contributed by atoms with van der Waals surface area (Å²) in [5, 5.41) is 9.09. The minimum Gasteiger partial charge on any atom is -0.497 e. The van der Waals surface area contributed by atoms with Gasteiger partial charge in [-0.1, -0.05) is 60.3 Å². The number of nitrogens with one attached hydrogen (secondary N) is 1. The van der Waals surface area contributed by atoms with E-state index in [1.54, 1.807) is 48.5 Å². The molecular weight excluding hydrogens is 479 g/mol. The number of nitrogens with zero attached hydrogens (tertiary/aromatic N) is 3. The highest BCUT2D eigenvalue weighted by molar-refractivity contribution is 8.15. The zero-order chi connectivity index (χ0) is 25.1. The van der Waals surface area contributed by atoms with E-state index in [9.17, 15) is 14.0 Å². The normalized spacial score (nSPS) is 19.2. The van der Waals surface area contributed by atoms with Crippen molar-refractivity contribution in [2.24, 2.45) is 10.1 Å². The summed E-state index contributed by atoms with van der Waals surface area (Å²) in [6, 6.07) is 22.8. The quantitative estimate of drug-likeness (QED) is 0.512. The lowest BCUT2D eigenvalue weighted by molar-refractivity contribution is -0.121. The fourth-order valence-corrected chi connectivity index (χ4v) is 5.18. The maximum Gasteiger partial charge on any atom is 0.262 e. The van der Waals surface area contributed by atoms with Crippen LogP contribution in [0.2, 0.25) is 0 Å². The van der Waals surface area contributed by atoms with Gasteiger partial charge in [0.15, 0.2) is 5.17 Å². The van der Waals surface area contributed by atoms with Crippen LogP contribution in [0.1, 0.15) is 30.0 Å². The van der Waals surface area contributed by atoms with E-state index in [-0.39, 0.29) is 30.1 Å². The van der Waals surface area contributed by atoms with Crippen LogP contribution in [0, 0.1) is 5.82 Å². The predicted octanol–water partition coefficient (Wildman–Crippen LogP) is 5.01. The van der Waals surface area contributed by atoms with Gasteiger partial charge in [-0.15, -0.1) is 0 Å². The van der Waals surface area contributed by atoms with Crippen molar-refractivity contribution < 1.29 is 18.7 Å². The number of hydrogen-bond acceptors (Lipinski definition) is 6. The minimum atomic E-state index is -0.657. The second kappa shape index (κ2) is 10.3. The predicted molar refractivity (Wildman–Crippen MR) is 139 cm³/mol. The Morgan fingerprint density at radius 2 is 1.89 bits per heavy atom. The van der Waals surface area contributed by atoms with E-state index in [2.05, 4.69) is 10.3 Å². The van der Waals surface area contributed by atoms with Crippen LogP contribution < -0.4 is 10.1 Å². The molecule has 0 spiro atoms. The van der Waals surface area contributed by atoms with E-state index in [0.717, 1.165) is 16.8 Å². The molecule has 0 unspecified atom stereocenters. The molecule has 0 bridgehead atoms. The van der Waals surface area contributed by atoms with Crippen molar-refractivity contribution in [1.82, 2.24) is 5.01 Å². The third-order valence-electron chi connectivity index (χ3n) is 5.92. The maximum atomic E-state index is 13.6. The Bertz CT molecular complexity index is 1340. The number of methoxy groups -OCH3 is 1. The molecule has 0 saturated carbocycles. The van der Waals surface area contributed by atoms with Crippen LogP contribution in [0.25, 0.3) is 0 Å². The summed E-state index contributed by atoms with van der Waals surface area (Å²) >= 11 is 1.22. The molecule has 9 heteroatoms. The van der Waals surface area contributed by atoms with Crippen molar-refractivity contribution in [2.75, 3.05) is 12.4 Å². The molecule has 2 atom stereocenters. The van der Waals surface area contributed by atoms with Crippen molar-refractivity contribution in [3.05, 3.63) is 95.8 Å². The number of amides is 2. The molecule has 3 aromatic carbocycles. The Kier molecular flexibility index (Phi) is 6.81. The molecule has 1 N–H and O–H groups in total. The van der Waals surface area contributed by atoms with Gasteiger partial charge < -0.3 is 10.1 Å². The summed E-state index contributed by atoms with van der Waals surface area (Å²) in [5.41, 5.74) is 3.26. The first-order valence-electron chi connectivity index (χ1n) is 11.4. The summed E-state index contributed by atoms with van der Waals surface area (Å²) in [5.74, 6) is -0.373. The van der Waals surface area contributed by atoms with Gasteiger partial charge in [0.2, 0.25) is 5.91 Å². The van der Waals surface area contributed by atoms with Crippen LogP contribution in [0.3, 0.4) is 0 Å². The highest BCUT2D eigenvalue weighted by atomic mass is 32.2. The fourth-order valence-electron chi connectivity index (χ4n) is 4.12. The minimum absolute atomic E-state index is 0.0297. The SMILES string of the molecule is COc1cccc(NC(=O)C[C@@H]2SC(N3N=C(c4ccccc4)C[C@H]3c3ccc(F)cc3)=NC2=O)c1. The molecule has 0 radical (unpaired) electrons. The summed E-state index contributed by atoms with van der Waals surface area (Å²) in [7, 11) is 1.55. The first-order chi connectivity index (χ1) is 17.5. The second-order valence-corrected chi connectivity index (χ2v) is 9.52. The van der Waals surface area contributed by atoms with Crippen LogP contribution >= 0.6 is 11.8 Å². The van der Waals surface area contributed by atoms with E-state index in [1.807, 2.05) is 30.3 Å². The number of carbonyl (C=O) groups excluding carboxylic acids is 2. The fraction of sp³-hybridized carbons (Fsp3) is 0.185. The molecule has 2 aliphatic rings. The Balaban J connectivity index is 1.33. The molecule has 2 heterocycles. The number of rotatable bonds is 6. The van der Waals surface area contributed by atoms with Crippen LogP contribution in [0.4, 0.5) is 10.1 Å². The summed E-state index contributed by atoms with van der Waals surface area (Å²) < 4.78 is 18.8. The van der Waals surface area contributed by atoms with Gasteiger partial charge in [0, 0.05) is 24.6 Å². The molecular formula is C27H23FN4O3S. The number of aliphatic imine (C=N–C) groups is 1. The zero-order valence-corrected chi connectivity index (χ0v) is 20.2.